The van der Waals surface area contributed by atoms with Crippen LogP contribution in [0.5, 0.6) is 5.75 Å². The van der Waals surface area contributed by atoms with Gasteiger partial charge in [0.05, 0.1) is 17.1 Å². The first-order valence-electron chi connectivity index (χ1n) is 3.47. The molecule has 0 aliphatic heterocycles. The summed E-state index contributed by atoms with van der Waals surface area (Å²) in [7, 11) is 0. The molecule has 5 heteroatoms. The number of rotatable bonds is 2. The molecule has 0 saturated heterocycles. The number of carbonyl (C=O) groups excluding carboxylic acids is 1. The van der Waals surface area contributed by atoms with E-state index in [9.17, 15) is 9.18 Å². The Labute approximate surface area is 78.9 Å². The molecule has 0 radical (unpaired) electrons. The standard InChI is InChI=1S/C8H7ClFNO2/c9-5-1-4(12)2-6(10)8(5)7(13)3-11/h1-2,12H,3,11H2. The van der Waals surface area contributed by atoms with Gasteiger partial charge in [-0.1, -0.05) is 11.6 Å². The highest BCUT2D eigenvalue weighted by molar-refractivity contribution is 6.34. The van der Waals surface area contributed by atoms with Gasteiger partial charge < -0.3 is 10.8 Å². The molecular formula is C8H7ClFNO2. The molecular weight excluding hydrogens is 197 g/mol. The van der Waals surface area contributed by atoms with Crippen molar-refractivity contribution in [1.29, 1.82) is 0 Å². The minimum Gasteiger partial charge on any atom is -0.508 e. The van der Waals surface area contributed by atoms with E-state index in [2.05, 4.69) is 0 Å². The monoisotopic (exact) mass is 203 g/mol. The highest BCUT2D eigenvalue weighted by Gasteiger charge is 2.15. The zero-order valence-electron chi connectivity index (χ0n) is 6.55. The molecule has 3 nitrogen and oxygen atoms in total. The molecule has 0 aliphatic carbocycles. The summed E-state index contributed by atoms with van der Waals surface area (Å²) < 4.78 is 13.0. The number of halogens is 2. The second-order valence-corrected chi connectivity index (χ2v) is 2.82. The van der Waals surface area contributed by atoms with Crippen LogP contribution in [-0.2, 0) is 0 Å². The average Bonchev–Trinajstić information content (AvgIpc) is 2.02. The van der Waals surface area contributed by atoms with E-state index < -0.39 is 11.6 Å². The van der Waals surface area contributed by atoms with Crippen molar-refractivity contribution in [3.05, 3.63) is 28.5 Å². The number of phenolic OH excluding ortho intramolecular Hbond substituents is 1. The fourth-order valence-corrected chi connectivity index (χ4v) is 1.24. The summed E-state index contributed by atoms with van der Waals surface area (Å²) in [4.78, 5) is 11.0. The van der Waals surface area contributed by atoms with Crippen molar-refractivity contribution in [1.82, 2.24) is 0 Å². The minimum atomic E-state index is -0.861. The summed E-state index contributed by atoms with van der Waals surface area (Å²) >= 11 is 5.53. The first kappa shape index (κ1) is 9.95. The van der Waals surface area contributed by atoms with Crippen LogP contribution in [-0.4, -0.2) is 17.4 Å². The topological polar surface area (TPSA) is 63.3 Å². The van der Waals surface area contributed by atoms with Crippen molar-refractivity contribution in [2.45, 2.75) is 0 Å². The number of phenols is 1. The molecule has 1 aromatic rings. The summed E-state index contributed by atoms with van der Waals surface area (Å²) in [6.07, 6.45) is 0. The molecule has 0 fully saturated rings. The smallest absolute Gasteiger partial charge is 0.180 e. The average molecular weight is 204 g/mol. The second-order valence-electron chi connectivity index (χ2n) is 2.41. The van der Waals surface area contributed by atoms with Gasteiger partial charge >= 0.3 is 0 Å². The molecule has 0 amide bonds. The van der Waals surface area contributed by atoms with Crippen LogP contribution in [0.2, 0.25) is 5.02 Å². The number of carbonyl (C=O) groups is 1. The molecule has 0 heterocycles. The number of hydrogen-bond acceptors (Lipinski definition) is 3. The van der Waals surface area contributed by atoms with E-state index in [1.54, 1.807) is 0 Å². The fourth-order valence-electron chi connectivity index (χ4n) is 0.928. The van der Waals surface area contributed by atoms with E-state index in [0.717, 1.165) is 12.1 Å². The second kappa shape index (κ2) is 3.72. The highest BCUT2D eigenvalue weighted by Crippen LogP contribution is 2.24. The van der Waals surface area contributed by atoms with Gasteiger partial charge in [-0.15, -0.1) is 0 Å². The lowest BCUT2D eigenvalue weighted by atomic mass is 10.1. The Balaban J connectivity index is 3.28. The number of nitrogens with two attached hydrogens (primary N) is 1. The van der Waals surface area contributed by atoms with E-state index in [0.29, 0.717) is 0 Å². The summed E-state index contributed by atoms with van der Waals surface area (Å²) in [6, 6.07) is 1.91. The minimum absolute atomic E-state index is 0.132. The van der Waals surface area contributed by atoms with Gasteiger partial charge in [-0.2, -0.15) is 0 Å². The predicted octanol–water partition coefficient (Wildman–Crippen LogP) is 1.33. The maximum atomic E-state index is 13.0. The van der Waals surface area contributed by atoms with E-state index in [1.807, 2.05) is 0 Å². The lowest BCUT2D eigenvalue weighted by Gasteiger charge is -2.03. The lowest BCUT2D eigenvalue weighted by molar-refractivity contribution is 0.0997. The van der Waals surface area contributed by atoms with Crippen LogP contribution in [0.25, 0.3) is 0 Å². The van der Waals surface area contributed by atoms with Crippen LogP contribution in [0.4, 0.5) is 4.39 Å². The molecule has 0 aliphatic rings. The van der Waals surface area contributed by atoms with Crippen LogP contribution >= 0.6 is 11.6 Å². The summed E-state index contributed by atoms with van der Waals surface area (Å²) in [5.74, 6) is -1.78. The van der Waals surface area contributed by atoms with Gasteiger partial charge in [-0.3, -0.25) is 4.79 Å². The quantitative estimate of drug-likeness (QED) is 0.713. The van der Waals surface area contributed by atoms with Crippen molar-refractivity contribution in [2.24, 2.45) is 5.73 Å². The van der Waals surface area contributed by atoms with Crippen molar-refractivity contribution in [2.75, 3.05) is 6.54 Å². The molecule has 0 bridgehead atoms. The lowest BCUT2D eigenvalue weighted by Crippen LogP contribution is -2.15. The Morgan fingerprint density at radius 2 is 2.23 bits per heavy atom. The van der Waals surface area contributed by atoms with Gasteiger partial charge in [0.15, 0.2) is 5.78 Å². The van der Waals surface area contributed by atoms with Gasteiger partial charge in [-0.25, -0.2) is 4.39 Å². The maximum absolute atomic E-state index is 13.0. The van der Waals surface area contributed by atoms with Crippen LogP contribution in [0.1, 0.15) is 10.4 Å². The third kappa shape index (κ3) is 1.96. The van der Waals surface area contributed by atoms with E-state index >= 15 is 0 Å². The largest absolute Gasteiger partial charge is 0.508 e. The zero-order valence-corrected chi connectivity index (χ0v) is 7.31. The molecule has 70 valence electrons. The van der Waals surface area contributed by atoms with Gasteiger partial charge in [0.25, 0.3) is 0 Å². The van der Waals surface area contributed by atoms with Gasteiger partial charge in [0, 0.05) is 6.07 Å². The Morgan fingerprint density at radius 1 is 1.62 bits per heavy atom. The van der Waals surface area contributed by atoms with Crippen molar-refractivity contribution < 1.29 is 14.3 Å². The number of benzene rings is 1. The molecule has 13 heavy (non-hydrogen) atoms. The van der Waals surface area contributed by atoms with Crippen LogP contribution in [0, 0.1) is 5.82 Å². The van der Waals surface area contributed by atoms with Gasteiger partial charge in [0.1, 0.15) is 11.6 Å². The molecule has 0 spiro atoms. The van der Waals surface area contributed by atoms with Crippen molar-refractivity contribution in [3.63, 3.8) is 0 Å². The van der Waals surface area contributed by atoms with E-state index in [-0.39, 0.29) is 22.9 Å². The Morgan fingerprint density at radius 3 is 2.69 bits per heavy atom. The molecule has 1 aromatic carbocycles. The summed E-state index contributed by atoms with van der Waals surface area (Å²) in [5.41, 5.74) is 4.77. The highest BCUT2D eigenvalue weighted by atomic mass is 35.5. The summed E-state index contributed by atoms with van der Waals surface area (Å²) in [5, 5.41) is 8.77. The van der Waals surface area contributed by atoms with Crippen LogP contribution in [0.15, 0.2) is 12.1 Å². The van der Waals surface area contributed by atoms with E-state index in [1.165, 1.54) is 0 Å². The van der Waals surface area contributed by atoms with E-state index in [4.69, 9.17) is 22.4 Å². The van der Waals surface area contributed by atoms with Crippen LogP contribution < -0.4 is 5.73 Å². The molecule has 0 aromatic heterocycles. The molecule has 1 rings (SSSR count). The Hall–Kier alpha value is -1.13. The number of ketones is 1. The number of hydrogen-bond donors (Lipinski definition) is 2. The molecule has 0 atom stereocenters. The van der Waals surface area contributed by atoms with Gasteiger partial charge in [-0.05, 0) is 6.07 Å². The molecule has 0 unspecified atom stereocenters. The zero-order chi connectivity index (χ0) is 10.0. The first-order valence-corrected chi connectivity index (χ1v) is 3.85. The Kier molecular flexibility index (Phi) is 2.85. The van der Waals surface area contributed by atoms with Crippen molar-refractivity contribution in [3.8, 4) is 5.75 Å². The summed E-state index contributed by atoms with van der Waals surface area (Å²) in [6.45, 7) is -0.318. The number of aromatic hydroxyl groups is 1. The number of Topliss-reactive ketones (excluding diaryl/α,β-unsaturated/α-hetero) is 1. The molecule has 3 N–H and O–H groups in total. The SMILES string of the molecule is NCC(=O)c1c(F)cc(O)cc1Cl. The first-order chi connectivity index (χ1) is 6.06. The third-order valence-corrected chi connectivity index (χ3v) is 1.79. The van der Waals surface area contributed by atoms with Gasteiger partial charge in [0.2, 0.25) is 0 Å². The predicted molar refractivity (Wildman–Crippen MR) is 46.5 cm³/mol. The normalized spacial score (nSPS) is 10.1. The van der Waals surface area contributed by atoms with Crippen molar-refractivity contribution >= 4 is 17.4 Å². The fraction of sp³-hybridized carbons (Fsp3) is 0.125. The maximum Gasteiger partial charge on any atom is 0.180 e. The third-order valence-electron chi connectivity index (χ3n) is 1.49. The molecule has 0 saturated carbocycles. The Bertz CT molecular complexity index is 331. The van der Waals surface area contributed by atoms with Crippen LogP contribution in [0.3, 0.4) is 0 Å².